The first-order chi connectivity index (χ1) is 6.57. The highest BCUT2D eigenvalue weighted by Crippen LogP contribution is 2.43. The van der Waals surface area contributed by atoms with Crippen LogP contribution in [-0.2, 0) is 5.41 Å². The number of aromatic nitrogens is 1. The van der Waals surface area contributed by atoms with E-state index in [4.69, 9.17) is 4.74 Å². The zero-order valence-corrected chi connectivity index (χ0v) is 10.7. The lowest BCUT2D eigenvalue weighted by Crippen LogP contribution is -2.28. The van der Waals surface area contributed by atoms with Crippen molar-refractivity contribution < 1.29 is 9.84 Å². The van der Waals surface area contributed by atoms with Gasteiger partial charge >= 0.3 is 0 Å². The number of pyridine rings is 1. The number of aliphatic hydroxyl groups is 1. The number of ether oxygens (including phenoxy) is 1. The van der Waals surface area contributed by atoms with E-state index < -0.39 is 0 Å². The lowest BCUT2D eigenvalue weighted by molar-refractivity contribution is 0.171. The van der Waals surface area contributed by atoms with Crippen LogP contribution in [0.3, 0.4) is 0 Å². The van der Waals surface area contributed by atoms with Crippen LogP contribution in [-0.4, -0.2) is 23.3 Å². The third-order valence-electron chi connectivity index (χ3n) is 2.43. The molecule has 0 fully saturated rings. The van der Waals surface area contributed by atoms with Crippen molar-refractivity contribution in [2.24, 2.45) is 0 Å². The molecule has 0 aliphatic carbocycles. The summed E-state index contributed by atoms with van der Waals surface area (Å²) in [7, 11) is 0. The fraction of sp³-hybridized carbons (Fsp3) is 0.444. The van der Waals surface area contributed by atoms with E-state index in [9.17, 15) is 5.11 Å². The van der Waals surface area contributed by atoms with Crippen LogP contribution in [0.15, 0.2) is 15.3 Å². The van der Waals surface area contributed by atoms with Crippen LogP contribution in [0, 0.1) is 0 Å². The number of rotatable bonds is 1. The summed E-state index contributed by atoms with van der Waals surface area (Å²) >= 11 is 6.65. The van der Waals surface area contributed by atoms with Gasteiger partial charge in [0.05, 0.1) is 12.0 Å². The predicted octanol–water partition coefficient (Wildman–Crippen LogP) is 2.25. The van der Waals surface area contributed by atoms with Crippen LogP contribution < -0.4 is 4.74 Å². The third-order valence-corrected chi connectivity index (χ3v) is 3.38. The fourth-order valence-electron chi connectivity index (χ4n) is 1.50. The molecule has 2 heterocycles. The van der Waals surface area contributed by atoms with E-state index in [0.717, 1.165) is 15.9 Å². The van der Waals surface area contributed by atoms with Crippen molar-refractivity contribution in [2.45, 2.75) is 12.3 Å². The molecule has 2 rings (SSSR count). The normalized spacial score (nSPS) is 24.6. The van der Waals surface area contributed by atoms with E-state index in [1.54, 1.807) is 0 Å². The molecule has 1 atom stereocenters. The van der Waals surface area contributed by atoms with Crippen LogP contribution in [0.1, 0.15) is 12.5 Å². The van der Waals surface area contributed by atoms with Gasteiger partial charge in [-0.25, -0.2) is 4.98 Å². The standard InChI is InChI=1S/C9H9Br2NO2/c1-9(3-13)4-14-7-5(9)2-6(10)12-8(7)11/h2,13H,3-4H2,1H3. The Kier molecular flexibility index (Phi) is 2.57. The Morgan fingerprint density at radius 2 is 2.36 bits per heavy atom. The van der Waals surface area contributed by atoms with Crippen LogP contribution in [0.25, 0.3) is 0 Å². The number of halogens is 2. The van der Waals surface area contributed by atoms with E-state index in [-0.39, 0.29) is 12.0 Å². The first kappa shape index (κ1) is 10.4. The highest BCUT2D eigenvalue weighted by Gasteiger charge is 2.37. The Morgan fingerprint density at radius 1 is 1.64 bits per heavy atom. The van der Waals surface area contributed by atoms with Crippen molar-refractivity contribution in [3.05, 3.63) is 20.8 Å². The molecular formula is C9H9Br2NO2. The molecule has 0 saturated carbocycles. The van der Waals surface area contributed by atoms with E-state index in [1.807, 2.05) is 13.0 Å². The van der Waals surface area contributed by atoms with E-state index in [0.29, 0.717) is 11.2 Å². The molecule has 0 bridgehead atoms. The molecule has 0 saturated heterocycles. The molecule has 1 aliphatic rings. The molecule has 14 heavy (non-hydrogen) atoms. The molecule has 0 amide bonds. The maximum atomic E-state index is 9.32. The van der Waals surface area contributed by atoms with Gasteiger partial charge in [-0.05, 0) is 44.8 Å². The fourth-order valence-corrected chi connectivity index (χ4v) is 2.66. The van der Waals surface area contributed by atoms with Gasteiger partial charge in [-0.3, -0.25) is 0 Å². The molecule has 76 valence electrons. The molecule has 3 nitrogen and oxygen atoms in total. The molecule has 0 spiro atoms. The lowest BCUT2D eigenvalue weighted by Gasteiger charge is -2.18. The topological polar surface area (TPSA) is 42.4 Å². The first-order valence-corrected chi connectivity index (χ1v) is 5.75. The van der Waals surface area contributed by atoms with Gasteiger partial charge in [0.1, 0.15) is 15.8 Å². The van der Waals surface area contributed by atoms with E-state index in [2.05, 4.69) is 36.8 Å². The predicted molar refractivity (Wildman–Crippen MR) is 59.6 cm³/mol. The number of aliphatic hydroxyl groups excluding tert-OH is 1. The summed E-state index contributed by atoms with van der Waals surface area (Å²) < 4.78 is 6.92. The Balaban J connectivity index is 2.60. The molecule has 1 aliphatic heterocycles. The summed E-state index contributed by atoms with van der Waals surface area (Å²) in [6.45, 7) is 2.54. The van der Waals surface area contributed by atoms with Gasteiger partial charge in [0.2, 0.25) is 0 Å². The maximum absolute atomic E-state index is 9.32. The van der Waals surface area contributed by atoms with Gasteiger partial charge in [0.15, 0.2) is 5.75 Å². The summed E-state index contributed by atoms with van der Waals surface area (Å²) in [5.74, 6) is 0.741. The SMILES string of the molecule is CC1(CO)COc2c1cc(Br)nc2Br. The molecule has 1 N–H and O–H groups in total. The Labute approximate surface area is 98.7 Å². The van der Waals surface area contributed by atoms with Gasteiger partial charge in [-0.15, -0.1) is 0 Å². The van der Waals surface area contributed by atoms with Crippen molar-refractivity contribution in [3.63, 3.8) is 0 Å². The third kappa shape index (κ3) is 1.47. The Morgan fingerprint density at radius 3 is 3.00 bits per heavy atom. The largest absolute Gasteiger partial charge is 0.489 e. The first-order valence-electron chi connectivity index (χ1n) is 4.17. The highest BCUT2D eigenvalue weighted by molar-refractivity contribution is 9.11. The molecule has 5 heteroatoms. The van der Waals surface area contributed by atoms with E-state index in [1.165, 1.54) is 0 Å². The zero-order valence-electron chi connectivity index (χ0n) is 7.55. The van der Waals surface area contributed by atoms with Gasteiger partial charge in [0.25, 0.3) is 0 Å². The minimum absolute atomic E-state index is 0.0723. The van der Waals surface area contributed by atoms with Crippen LogP contribution >= 0.6 is 31.9 Å². The quantitative estimate of drug-likeness (QED) is 0.806. The maximum Gasteiger partial charge on any atom is 0.156 e. The summed E-state index contributed by atoms with van der Waals surface area (Å²) in [4.78, 5) is 4.17. The summed E-state index contributed by atoms with van der Waals surface area (Å²) in [6.07, 6.45) is 0. The van der Waals surface area contributed by atoms with Crippen LogP contribution in [0.4, 0.5) is 0 Å². The summed E-state index contributed by atoms with van der Waals surface area (Å²) in [5.41, 5.74) is 0.678. The number of hydrogen-bond donors (Lipinski definition) is 1. The second-order valence-electron chi connectivity index (χ2n) is 3.62. The van der Waals surface area contributed by atoms with Crippen LogP contribution in [0.2, 0.25) is 0 Å². The minimum atomic E-state index is -0.316. The highest BCUT2D eigenvalue weighted by atomic mass is 79.9. The average Bonchev–Trinajstić information content (AvgIpc) is 2.46. The van der Waals surface area contributed by atoms with Crippen molar-refractivity contribution in [2.75, 3.05) is 13.2 Å². The molecule has 0 radical (unpaired) electrons. The van der Waals surface area contributed by atoms with Gasteiger partial charge in [-0.1, -0.05) is 0 Å². The monoisotopic (exact) mass is 321 g/mol. The number of hydrogen-bond acceptors (Lipinski definition) is 3. The van der Waals surface area contributed by atoms with Crippen molar-refractivity contribution in [3.8, 4) is 5.75 Å². The van der Waals surface area contributed by atoms with Crippen molar-refractivity contribution in [1.29, 1.82) is 0 Å². The molecule has 1 aromatic heterocycles. The molecule has 0 aromatic carbocycles. The smallest absolute Gasteiger partial charge is 0.156 e. The number of nitrogens with zero attached hydrogens (tertiary/aromatic N) is 1. The molecule has 1 aromatic rings. The van der Waals surface area contributed by atoms with E-state index >= 15 is 0 Å². The summed E-state index contributed by atoms with van der Waals surface area (Å²) in [5, 5.41) is 9.32. The second-order valence-corrected chi connectivity index (χ2v) is 5.18. The summed E-state index contributed by atoms with van der Waals surface area (Å²) in [6, 6.07) is 1.89. The van der Waals surface area contributed by atoms with Crippen molar-refractivity contribution in [1.82, 2.24) is 4.98 Å². The van der Waals surface area contributed by atoms with Gasteiger partial charge in [-0.2, -0.15) is 0 Å². The molecule has 1 unspecified atom stereocenters. The minimum Gasteiger partial charge on any atom is -0.489 e. The van der Waals surface area contributed by atoms with Gasteiger partial charge in [0, 0.05) is 5.56 Å². The Bertz CT molecular complexity index is 383. The number of fused-ring (bicyclic) bond motifs is 1. The lowest BCUT2D eigenvalue weighted by atomic mass is 9.86. The average molecular weight is 323 g/mol. The molecular weight excluding hydrogens is 314 g/mol. The second kappa shape index (κ2) is 3.47. The zero-order chi connectivity index (χ0) is 10.3. The Hall–Kier alpha value is -0.130. The van der Waals surface area contributed by atoms with Crippen molar-refractivity contribution >= 4 is 31.9 Å². The van der Waals surface area contributed by atoms with Crippen LogP contribution in [0.5, 0.6) is 5.75 Å². The van der Waals surface area contributed by atoms with Gasteiger partial charge < -0.3 is 9.84 Å².